The van der Waals surface area contributed by atoms with Gasteiger partial charge in [-0.15, -0.1) is 0 Å². The Hall–Kier alpha value is -2.05. The molecule has 0 aliphatic heterocycles. The van der Waals surface area contributed by atoms with Gasteiger partial charge in [0, 0.05) is 6.07 Å². The number of alkyl carbamates (subject to hydrolysis) is 1. The van der Waals surface area contributed by atoms with Crippen LogP contribution in [0, 0.1) is 0 Å². The number of hydrogen-bond acceptors (Lipinski definition) is 5. The Morgan fingerprint density at radius 1 is 1.53 bits per heavy atom. The van der Waals surface area contributed by atoms with Crippen molar-refractivity contribution < 1.29 is 24.0 Å². The highest BCUT2D eigenvalue weighted by Gasteiger charge is 2.17. The number of rotatable bonds is 3. The molecule has 1 aromatic heterocycles. The predicted molar refractivity (Wildman–Crippen MR) is 56.5 cm³/mol. The van der Waals surface area contributed by atoms with Crippen LogP contribution in [-0.4, -0.2) is 27.9 Å². The summed E-state index contributed by atoms with van der Waals surface area (Å²) in [5, 5.41) is 14.3. The van der Waals surface area contributed by atoms with E-state index in [1.54, 1.807) is 20.8 Å². The van der Waals surface area contributed by atoms with Gasteiger partial charge in [0.25, 0.3) is 0 Å². The lowest BCUT2D eigenvalue weighted by Crippen LogP contribution is -2.32. The number of hydrogen-bond donors (Lipinski definition) is 2. The van der Waals surface area contributed by atoms with Crippen molar-refractivity contribution in [3.05, 3.63) is 17.5 Å². The number of nitrogens with one attached hydrogen (secondary N) is 1. The van der Waals surface area contributed by atoms with Gasteiger partial charge >= 0.3 is 12.1 Å². The van der Waals surface area contributed by atoms with Crippen LogP contribution in [0.15, 0.2) is 10.6 Å². The van der Waals surface area contributed by atoms with Crippen LogP contribution in [0.25, 0.3) is 0 Å². The van der Waals surface area contributed by atoms with Crippen molar-refractivity contribution in [2.45, 2.75) is 32.9 Å². The average Bonchev–Trinajstić information content (AvgIpc) is 2.60. The van der Waals surface area contributed by atoms with Crippen LogP contribution in [0.3, 0.4) is 0 Å². The topological polar surface area (TPSA) is 102 Å². The second-order valence-electron chi connectivity index (χ2n) is 4.34. The number of carbonyl (C=O) groups excluding carboxylic acids is 1. The molecule has 1 amide bonds. The van der Waals surface area contributed by atoms with Gasteiger partial charge < -0.3 is 19.7 Å². The Morgan fingerprint density at radius 3 is 2.65 bits per heavy atom. The van der Waals surface area contributed by atoms with Crippen molar-refractivity contribution in [2.75, 3.05) is 0 Å². The van der Waals surface area contributed by atoms with Crippen molar-refractivity contribution >= 4 is 12.1 Å². The molecule has 0 aliphatic carbocycles. The van der Waals surface area contributed by atoms with E-state index in [0.29, 0.717) is 0 Å². The molecular weight excluding hydrogens is 228 g/mol. The van der Waals surface area contributed by atoms with E-state index in [1.807, 2.05) is 0 Å². The van der Waals surface area contributed by atoms with Gasteiger partial charge in [0.15, 0.2) is 11.5 Å². The van der Waals surface area contributed by atoms with Crippen LogP contribution < -0.4 is 5.32 Å². The molecule has 0 spiro atoms. The molecule has 0 atom stereocenters. The maximum atomic E-state index is 11.3. The first-order valence-electron chi connectivity index (χ1n) is 4.93. The summed E-state index contributed by atoms with van der Waals surface area (Å²) in [7, 11) is 0. The van der Waals surface area contributed by atoms with Crippen molar-refractivity contribution in [1.29, 1.82) is 0 Å². The number of aromatic nitrogens is 1. The Balaban J connectivity index is 2.45. The summed E-state index contributed by atoms with van der Waals surface area (Å²) in [6.07, 6.45) is -0.606. The van der Waals surface area contributed by atoms with Gasteiger partial charge in [0.05, 0.1) is 6.54 Å². The fourth-order valence-corrected chi connectivity index (χ4v) is 0.971. The van der Waals surface area contributed by atoms with E-state index < -0.39 is 17.7 Å². The molecule has 1 aromatic rings. The van der Waals surface area contributed by atoms with Crippen LogP contribution >= 0.6 is 0 Å². The number of aromatic carboxylic acids is 1. The molecule has 7 nitrogen and oxygen atoms in total. The molecule has 0 unspecified atom stereocenters. The molecule has 94 valence electrons. The van der Waals surface area contributed by atoms with Crippen LogP contribution in [0.4, 0.5) is 4.79 Å². The highest BCUT2D eigenvalue weighted by Crippen LogP contribution is 2.07. The van der Waals surface area contributed by atoms with E-state index in [4.69, 9.17) is 14.4 Å². The first-order chi connectivity index (χ1) is 7.78. The molecule has 0 bridgehead atoms. The van der Waals surface area contributed by atoms with Crippen molar-refractivity contribution in [3.8, 4) is 0 Å². The first kappa shape index (κ1) is 13.0. The van der Waals surface area contributed by atoms with E-state index in [-0.39, 0.29) is 18.0 Å². The fourth-order valence-electron chi connectivity index (χ4n) is 0.971. The SMILES string of the molecule is CC(C)(C)OC(=O)NCc1cc(C(=O)O)no1. The van der Waals surface area contributed by atoms with E-state index in [0.717, 1.165) is 0 Å². The van der Waals surface area contributed by atoms with Crippen LogP contribution in [0.1, 0.15) is 37.0 Å². The lowest BCUT2D eigenvalue weighted by Gasteiger charge is -2.19. The Labute approximate surface area is 97.7 Å². The molecule has 0 radical (unpaired) electrons. The maximum Gasteiger partial charge on any atom is 0.408 e. The molecule has 1 rings (SSSR count). The van der Waals surface area contributed by atoms with Gasteiger partial charge in [-0.2, -0.15) is 0 Å². The Morgan fingerprint density at radius 2 is 2.18 bits per heavy atom. The van der Waals surface area contributed by atoms with E-state index >= 15 is 0 Å². The number of nitrogens with zero attached hydrogens (tertiary/aromatic N) is 1. The van der Waals surface area contributed by atoms with Crippen molar-refractivity contribution in [1.82, 2.24) is 10.5 Å². The van der Waals surface area contributed by atoms with Crippen molar-refractivity contribution in [2.24, 2.45) is 0 Å². The molecule has 1 heterocycles. The molecule has 7 heteroatoms. The maximum absolute atomic E-state index is 11.3. The Kier molecular flexibility index (Phi) is 3.72. The van der Waals surface area contributed by atoms with Crippen LogP contribution in [-0.2, 0) is 11.3 Å². The number of carboxylic acids is 1. The van der Waals surface area contributed by atoms with E-state index in [1.165, 1.54) is 6.07 Å². The molecule has 17 heavy (non-hydrogen) atoms. The normalized spacial score (nSPS) is 11.0. The van der Waals surface area contributed by atoms with Gasteiger partial charge in [0.1, 0.15) is 5.60 Å². The lowest BCUT2D eigenvalue weighted by molar-refractivity contribution is 0.0517. The monoisotopic (exact) mass is 242 g/mol. The molecule has 0 saturated carbocycles. The zero-order chi connectivity index (χ0) is 13.1. The summed E-state index contributed by atoms with van der Waals surface area (Å²) >= 11 is 0. The standard InChI is InChI=1S/C10H14N2O5/c1-10(2,3)16-9(15)11-5-6-4-7(8(13)14)12-17-6/h4H,5H2,1-3H3,(H,11,15)(H,13,14). The smallest absolute Gasteiger partial charge is 0.408 e. The quantitative estimate of drug-likeness (QED) is 0.830. The van der Waals surface area contributed by atoms with Gasteiger partial charge in [-0.1, -0.05) is 5.16 Å². The van der Waals surface area contributed by atoms with Gasteiger partial charge in [-0.3, -0.25) is 0 Å². The number of carbonyl (C=O) groups is 2. The van der Waals surface area contributed by atoms with E-state index in [9.17, 15) is 9.59 Å². The molecule has 0 fully saturated rings. The Bertz CT molecular complexity index is 419. The second kappa shape index (κ2) is 4.86. The zero-order valence-corrected chi connectivity index (χ0v) is 9.81. The fraction of sp³-hybridized carbons (Fsp3) is 0.500. The third-order valence-corrected chi connectivity index (χ3v) is 1.58. The van der Waals surface area contributed by atoms with Gasteiger partial charge in [-0.25, -0.2) is 9.59 Å². The molecule has 0 saturated heterocycles. The summed E-state index contributed by atoms with van der Waals surface area (Å²) in [5.41, 5.74) is -0.788. The highest BCUT2D eigenvalue weighted by atomic mass is 16.6. The third-order valence-electron chi connectivity index (χ3n) is 1.58. The van der Waals surface area contributed by atoms with Gasteiger partial charge in [-0.05, 0) is 20.8 Å². The minimum absolute atomic E-state index is 0.0230. The molecular formula is C10H14N2O5. The highest BCUT2D eigenvalue weighted by molar-refractivity contribution is 5.85. The first-order valence-corrected chi connectivity index (χ1v) is 4.93. The summed E-state index contributed by atoms with van der Waals surface area (Å²) in [6.45, 7) is 5.24. The predicted octanol–water partition coefficient (Wildman–Crippen LogP) is 1.40. The number of amides is 1. The summed E-state index contributed by atoms with van der Waals surface area (Å²) < 4.78 is 9.69. The summed E-state index contributed by atoms with van der Waals surface area (Å²) in [4.78, 5) is 21.8. The van der Waals surface area contributed by atoms with E-state index in [2.05, 4.69) is 10.5 Å². The summed E-state index contributed by atoms with van der Waals surface area (Å²) in [6, 6.07) is 1.24. The molecule has 2 N–H and O–H groups in total. The molecule has 0 aliphatic rings. The second-order valence-corrected chi connectivity index (χ2v) is 4.34. The van der Waals surface area contributed by atoms with Crippen LogP contribution in [0.2, 0.25) is 0 Å². The third kappa shape index (κ3) is 4.54. The zero-order valence-electron chi connectivity index (χ0n) is 9.81. The summed E-state index contributed by atoms with van der Waals surface area (Å²) in [5.74, 6) is -0.939. The minimum atomic E-state index is -1.18. The van der Waals surface area contributed by atoms with Crippen molar-refractivity contribution in [3.63, 3.8) is 0 Å². The minimum Gasteiger partial charge on any atom is -0.476 e. The van der Waals surface area contributed by atoms with Gasteiger partial charge in [0.2, 0.25) is 0 Å². The number of ether oxygens (including phenoxy) is 1. The largest absolute Gasteiger partial charge is 0.476 e. The number of carboxylic acid groups (broad SMARTS) is 1. The van der Waals surface area contributed by atoms with Crippen LogP contribution in [0.5, 0.6) is 0 Å². The average molecular weight is 242 g/mol. The lowest BCUT2D eigenvalue weighted by atomic mass is 10.2. The molecule has 0 aromatic carbocycles.